The summed E-state index contributed by atoms with van der Waals surface area (Å²) in [7, 11) is 0. The molecule has 21 heavy (non-hydrogen) atoms. The zero-order chi connectivity index (χ0) is 15.6. The zero-order valence-corrected chi connectivity index (χ0v) is 13.1. The van der Waals surface area contributed by atoms with Gasteiger partial charge in [0, 0.05) is 5.56 Å². The summed E-state index contributed by atoms with van der Waals surface area (Å²) in [4.78, 5) is 11.2. The van der Waals surface area contributed by atoms with Crippen molar-refractivity contribution in [2.24, 2.45) is 23.5 Å². The van der Waals surface area contributed by atoms with Crippen LogP contribution in [0.1, 0.15) is 50.4 Å². The highest BCUT2D eigenvalue weighted by atomic mass is 16.5. The Balaban J connectivity index is 2.16. The second-order valence-corrected chi connectivity index (χ2v) is 6.60. The van der Waals surface area contributed by atoms with E-state index in [1.54, 1.807) is 18.2 Å². The Bertz CT molecular complexity index is 514. The number of nitrogens with two attached hydrogens (primary N) is 2. The first kappa shape index (κ1) is 15.7. The molecule has 0 spiro atoms. The summed E-state index contributed by atoms with van der Waals surface area (Å²) in [6.07, 6.45) is 3.71. The molecule has 1 aromatic carbocycles. The number of hydrogen-bond donors (Lipinski definition) is 2. The van der Waals surface area contributed by atoms with E-state index in [0.29, 0.717) is 34.8 Å². The minimum atomic E-state index is -0.473. The number of benzene rings is 1. The number of anilines is 1. The third-order valence-electron chi connectivity index (χ3n) is 4.53. The van der Waals surface area contributed by atoms with Crippen molar-refractivity contribution in [3.05, 3.63) is 23.8 Å². The maximum Gasteiger partial charge on any atom is 0.248 e. The van der Waals surface area contributed by atoms with Gasteiger partial charge >= 0.3 is 0 Å². The van der Waals surface area contributed by atoms with Crippen LogP contribution in [0.4, 0.5) is 5.69 Å². The highest BCUT2D eigenvalue weighted by Crippen LogP contribution is 2.37. The third-order valence-corrected chi connectivity index (χ3v) is 4.53. The van der Waals surface area contributed by atoms with Crippen molar-refractivity contribution in [2.45, 2.75) is 46.1 Å². The van der Waals surface area contributed by atoms with Gasteiger partial charge in [-0.15, -0.1) is 0 Å². The molecule has 1 saturated carbocycles. The van der Waals surface area contributed by atoms with Crippen LogP contribution in [0.2, 0.25) is 0 Å². The Morgan fingerprint density at radius 2 is 2.05 bits per heavy atom. The van der Waals surface area contributed by atoms with E-state index in [4.69, 9.17) is 16.2 Å². The van der Waals surface area contributed by atoms with Crippen molar-refractivity contribution in [2.75, 3.05) is 5.73 Å². The van der Waals surface area contributed by atoms with Crippen LogP contribution < -0.4 is 16.2 Å². The topological polar surface area (TPSA) is 78.3 Å². The zero-order valence-electron chi connectivity index (χ0n) is 13.1. The molecule has 0 saturated heterocycles. The summed E-state index contributed by atoms with van der Waals surface area (Å²) < 4.78 is 6.19. The Labute approximate surface area is 126 Å². The fourth-order valence-corrected chi connectivity index (χ4v) is 3.22. The van der Waals surface area contributed by atoms with Crippen molar-refractivity contribution < 1.29 is 9.53 Å². The second-order valence-electron chi connectivity index (χ2n) is 6.60. The lowest BCUT2D eigenvalue weighted by molar-refractivity contribution is 0.0466. The summed E-state index contributed by atoms with van der Waals surface area (Å²) in [5.41, 5.74) is 12.2. The number of hydrogen-bond acceptors (Lipinski definition) is 3. The molecule has 4 heteroatoms. The number of amides is 1. The van der Waals surface area contributed by atoms with Gasteiger partial charge in [-0.1, -0.05) is 27.2 Å². The lowest BCUT2D eigenvalue weighted by Gasteiger charge is -2.37. The largest absolute Gasteiger partial charge is 0.488 e. The monoisotopic (exact) mass is 290 g/mol. The van der Waals surface area contributed by atoms with E-state index < -0.39 is 5.91 Å². The van der Waals surface area contributed by atoms with Gasteiger partial charge in [0.1, 0.15) is 11.9 Å². The molecule has 0 heterocycles. The van der Waals surface area contributed by atoms with Gasteiger partial charge in [0.2, 0.25) is 5.91 Å². The van der Waals surface area contributed by atoms with Gasteiger partial charge in [-0.3, -0.25) is 4.79 Å². The van der Waals surface area contributed by atoms with Crippen molar-refractivity contribution in [1.82, 2.24) is 0 Å². The highest BCUT2D eigenvalue weighted by Gasteiger charge is 2.32. The van der Waals surface area contributed by atoms with Crippen molar-refractivity contribution in [3.8, 4) is 5.75 Å². The number of ether oxygens (including phenoxy) is 1. The summed E-state index contributed by atoms with van der Waals surface area (Å²) in [6, 6.07) is 5.02. The minimum absolute atomic E-state index is 0.190. The van der Waals surface area contributed by atoms with Gasteiger partial charge in [-0.25, -0.2) is 0 Å². The van der Waals surface area contributed by atoms with Gasteiger partial charge in [0.05, 0.1) is 5.69 Å². The standard InChI is InChI=1S/C17H26N2O2/c1-10(2)13-6-4-11(3)8-16(13)21-15-7-5-12(17(19)20)9-14(15)18/h5,7,9-11,13,16H,4,6,8,18H2,1-3H3,(H2,19,20). The number of nitrogen functional groups attached to an aromatic ring is 1. The van der Waals surface area contributed by atoms with Gasteiger partial charge in [0.25, 0.3) is 0 Å². The van der Waals surface area contributed by atoms with Gasteiger partial charge in [-0.05, 0) is 48.8 Å². The smallest absolute Gasteiger partial charge is 0.248 e. The molecule has 0 aromatic heterocycles. The fourth-order valence-electron chi connectivity index (χ4n) is 3.22. The molecule has 0 bridgehead atoms. The molecule has 116 valence electrons. The van der Waals surface area contributed by atoms with Crippen LogP contribution in [0.5, 0.6) is 5.75 Å². The molecular formula is C17H26N2O2. The molecule has 1 aromatic rings. The molecule has 0 aliphatic heterocycles. The molecule has 1 aliphatic carbocycles. The highest BCUT2D eigenvalue weighted by molar-refractivity contribution is 5.94. The van der Waals surface area contributed by atoms with E-state index in [1.807, 2.05) is 0 Å². The molecule has 4 N–H and O–H groups in total. The van der Waals surface area contributed by atoms with E-state index in [1.165, 1.54) is 12.8 Å². The van der Waals surface area contributed by atoms with Crippen LogP contribution in [-0.2, 0) is 0 Å². The lowest BCUT2D eigenvalue weighted by Crippen LogP contribution is -2.36. The van der Waals surface area contributed by atoms with Crippen LogP contribution in [0.15, 0.2) is 18.2 Å². The average molecular weight is 290 g/mol. The van der Waals surface area contributed by atoms with Gasteiger partial charge < -0.3 is 16.2 Å². The van der Waals surface area contributed by atoms with Crippen LogP contribution in [0, 0.1) is 17.8 Å². The van der Waals surface area contributed by atoms with E-state index >= 15 is 0 Å². The predicted octanol–water partition coefficient (Wildman–Crippen LogP) is 3.21. The average Bonchev–Trinajstić information content (AvgIpc) is 2.40. The molecule has 0 radical (unpaired) electrons. The number of primary amides is 1. The molecule has 3 unspecified atom stereocenters. The van der Waals surface area contributed by atoms with Crippen LogP contribution in [0.25, 0.3) is 0 Å². The summed E-state index contributed by atoms with van der Waals surface area (Å²) in [5, 5.41) is 0. The minimum Gasteiger partial charge on any atom is -0.488 e. The first-order chi connectivity index (χ1) is 9.88. The van der Waals surface area contributed by atoms with Crippen molar-refractivity contribution in [3.63, 3.8) is 0 Å². The first-order valence-corrected chi connectivity index (χ1v) is 7.74. The molecule has 2 rings (SSSR count). The Morgan fingerprint density at radius 3 is 2.62 bits per heavy atom. The van der Waals surface area contributed by atoms with Crippen LogP contribution >= 0.6 is 0 Å². The quantitative estimate of drug-likeness (QED) is 0.836. The van der Waals surface area contributed by atoms with E-state index in [0.717, 1.165) is 6.42 Å². The van der Waals surface area contributed by atoms with Crippen molar-refractivity contribution >= 4 is 11.6 Å². The van der Waals surface area contributed by atoms with Gasteiger partial charge in [0.15, 0.2) is 0 Å². The second kappa shape index (κ2) is 6.37. The van der Waals surface area contributed by atoms with Crippen LogP contribution in [0.3, 0.4) is 0 Å². The summed E-state index contributed by atoms with van der Waals surface area (Å²) >= 11 is 0. The SMILES string of the molecule is CC1CCC(C(C)C)C(Oc2ccc(C(N)=O)cc2N)C1. The predicted molar refractivity (Wildman–Crippen MR) is 85.1 cm³/mol. The Kier molecular flexibility index (Phi) is 4.76. The number of rotatable bonds is 4. The molecule has 3 atom stereocenters. The van der Waals surface area contributed by atoms with Crippen molar-refractivity contribution in [1.29, 1.82) is 0 Å². The Morgan fingerprint density at radius 1 is 1.33 bits per heavy atom. The number of carbonyl (C=O) groups is 1. The van der Waals surface area contributed by atoms with Gasteiger partial charge in [-0.2, -0.15) is 0 Å². The van der Waals surface area contributed by atoms with E-state index in [9.17, 15) is 4.79 Å². The Hall–Kier alpha value is -1.71. The van der Waals surface area contributed by atoms with E-state index in [-0.39, 0.29) is 6.10 Å². The molecule has 4 nitrogen and oxygen atoms in total. The first-order valence-electron chi connectivity index (χ1n) is 7.74. The lowest BCUT2D eigenvalue weighted by atomic mass is 9.75. The third kappa shape index (κ3) is 3.69. The maximum atomic E-state index is 11.2. The normalized spacial score (nSPS) is 25.8. The summed E-state index contributed by atoms with van der Waals surface area (Å²) in [6.45, 7) is 6.76. The maximum absolute atomic E-state index is 11.2. The molecule has 1 amide bonds. The summed E-state index contributed by atoms with van der Waals surface area (Å²) in [5.74, 6) is 2.01. The van der Waals surface area contributed by atoms with E-state index in [2.05, 4.69) is 20.8 Å². The molecule has 1 fully saturated rings. The molecule has 1 aliphatic rings. The fraction of sp³-hybridized carbons (Fsp3) is 0.588. The molecular weight excluding hydrogens is 264 g/mol. The van der Waals surface area contributed by atoms with Crippen LogP contribution in [-0.4, -0.2) is 12.0 Å². The number of carbonyl (C=O) groups excluding carboxylic acids is 1.